The number of carbonyl (C=O) groups excluding carboxylic acids is 2. The summed E-state index contributed by atoms with van der Waals surface area (Å²) in [5.41, 5.74) is 4.52. The van der Waals surface area contributed by atoms with E-state index in [2.05, 4.69) is 17.4 Å². The molecular weight excluding hydrogens is 420 g/mol. The minimum atomic E-state index is -1.00. The number of fused-ring (bicyclic) bond motifs is 3. The molecule has 1 fully saturated rings. The minimum absolute atomic E-state index is 0.0676. The van der Waals surface area contributed by atoms with Gasteiger partial charge in [-0.1, -0.05) is 61.9 Å². The molecule has 0 bridgehead atoms. The Kier molecular flexibility index (Phi) is 6.96. The van der Waals surface area contributed by atoms with Crippen LogP contribution in [0.4, 0.5) is 4.79 Å². The predicted octanol–water partition coefficient (Wildman–Crippen LogP) is 4.16. The van der Waals surface area contributed by atoms with Crippen LogP contribution in [-0.2, 0) is 14.3 Å². The number of hydrogen-bond donors (Lipinski definition) is 2. The maximum absolute atomic E-state index is 13.1. The van der Waals surface area contributed by atoms with E-state index < -0.39 is 24.1 Å². The first-order valence-corrected chi connectivity index (χ1v) is 11.7. The molecule has 1 heterocycles. The van der Waals surface area contributed by atoms with Gasteiger partial charge >= 0.3 is 12.1 Å². The third-order valence-electron chi connectivity index (χ3n) is 6.58. The second kappa shape index (κ2) is 10.1. The van der Waals surface area contributed by atoms with Crippen molar-refractivity contribution >= 4 is 18.0 Å². The molecule has 2 aromatic carbocycles. The molecule has 2 aromatic rings. The third-order valence-corrected chi connectivity index (χ3v) is 6.58. The number of carboxylic acids is 1. The monoisotopic (exact) mass is 450 g/mol. The van der Waals surface area contributed by atoms with Crippen molar-refractivity contribution in [2.24, 2.45) is 0 Å². The van der Waals surface area contributed by atoms with Gasteiger partial charge in [-0.25, -0.2) is 9.59 Å². The number of ether oxygens (including phenoxy) is 1. The normalized spacial score (nSPS) is 18.2. The van der Waals surface area contributed by atoms with Crippen molar-refractivity contribution < 1.29 is 24.2 Å². The van der Waals surface area contributed by atoms with Crippen molar-refractivity contribution in [1.82, 2.24) is 10.2 Å². The average molecular weight is 451 g/mol. The van der Waals surface area contributed by atoms with Crippen LogP contribution in [0.25, 0.3) is 11.1 Å². The van der Waals surface area contributed by atoms with E-state index in [1.165, 1.54) is 4.90 Å². The number of alkyl carbamates (subject to hydrolysis) is 1. The molecule has 1 aliphatic carbocycles. The van der Waals surface area contributed by atoms with E-state index in [0.29, 0.717) is 25.8 Å². The molecule has 0 spiro atoms. The summed E-state index contributed by atoms with van der Waals surface area (Å²) in [6.45, 7) is 2.47. The number of nitrogens with one attached hydrogen (secondary N) is 1. The van der Waals surface area contributed by atoms with E-state index in [9.17, 15) is 19.5 Å². The highest BCUT2D eigenvalue weighted by Gasteiger charge is 2.36. The molecule has 1 saturated heterocycles. The van der Waals surface area contributed by atoms with Crippen molar-refractivity contribution in [3.63, 3.8) is 0 Å². The van der Waals surface area contributed by atoms with Gasteiger partial charge in [0.25, 0.3) is 0 Å². The maximum atomic E-state index is 13.1. The van der Waals surface area contributed by atoms with Gasteiger partial charge in [-0.05, 0) is 47.9 Å². The number of benzene rings is 2. The zero-order valence-electron chi connectivity index (χ0n) is 18.8. The highest BCUT2D eigenvalue weighted by atomic mass is 16.5. The molecule has 0 saturated carbocycles. The Hall–Kier alpha value is -3.35. The molecule has 7 heteroatoms. The first kappa shape index (κ1) is 22.8. The van der Waals surface area contributed by atoms with Gasteiger partial charge in [-0.2, -0.15) is 0 Å². The summed E-state index contributed by atoms with van der Waals surface area (Å²) in [7, 11) is 0. The van der Waals surface area contributed by atoms with Crippen LogP contribution >= 0.6 is 0 Å². The number of hydrogen-bond acceptors (Lipinski definition) is 4. The number of rotatable bonds is 7. The molecule has 1 unspecified atom stereocenters. The fourth-order valence-electron chi connectivity index (χ4n) is 4.98. The number of carboxylic acid groups (broad SMARTS) is 1. The lowest BCUT2D eigenvalue weighted by molar-refractivity contribution is -0.153. The molecule has 2 aliphatic rings. The lowest BCUT2D eigenvalue weighted by Gasteiger charge is -2.35. The van der Waals surface area contributed by atoms with E-state index in [-0.39, 0.29) is 18.4 Å². The molecule has 7 nitrogen and oxygen atoms in total. The number of aliphatic carboxylic acids is 1. The van der Waals surface area contributed by atoms with Gasteiger partial charge in [0.2, 0.25) is 5.91 Å². The SMILES string of the molecule is CCC[C@@H](NC(=O)OCC1c2ccccc2-c2ccccc21)C(=O)N1CCCCC1C(=O)O. The van der Waals surface area contributed by atoms with Crippen LogP contribution in [0.15, 0.2) is 48.5 Å². The fourth-order valence-corrected chi connectivity index (χ4v) is 4.98. The number of nitrogens with zero attached hydrogens (tertiary/aromatic N) is 1. The largest absolute Gasteiger partial charge is 0.480 e. The summed E-state index contributed by atoms with van der Waals surface area (Å²) in [5.74, 6) is -1.42. The van der Waals surface area contributed by atoms with Crippen LogP contribution in [0, 0.1) is 0 Å². The maximum Gasteiger partial charge on any atom is 0.407 e. The number of amides is 2. The third kappa shape index (κ3) is 4.72. The molecular formula is C26H30N2O5. The van der Waals surface area contributed by atoms with Gasteiger partial charge in [0.15, 0.2) is 0 Å². The smallest absolute Gasteiger partial charge is 0.407 e. The Balaban J connectivity index is 1.43. The first-order valence-electron chi connectivity index (χ1n) is 11.7. The van der Waals surface area contributed by atoms with Gasteiger partial charge in [-0.3, -0.25) is 4.79 Å². The minimum Gasteiger partial charge on any atom is -0.480 e. The molecule has 2 N–H and O–H groups in total. The second-order valence-corrected chi connectivity index (χ2v) is 8.69. The van der Waals surface area contributed by atoms with Gasteiger partial charge in [0, 0.05) is 12.5 Å². The highest BCUT2D eigenvalue weighted by Crippen LogP contribution is 2.44. The first-order chi connectivity index (χ1) is 16.0. The van der Waals surface area contributed by atoms with Gasteiger partial charge in [0.1, 0.15) is 18.7 Å². The summed E-state index contributed by atoms with van der Waals surface area (Å²) >= 11 is 0. The fraction of sp³-hybridized carbons (Fsp3) is 0.423. The topological polar surface area (TPSA) is 95.9 Å². The molecule has 33 heavy (non-hydrogen) atoms. The zero-order chi connectivity index (χ0) is 23.4. The van der Waals surface area contributed by atoms with Crippen LogP contribution in [0.3, 0.4) is 0 Å². The number of carbonyl (C=O) groups is 3. The van der Waals surface area contributed by atoms with Crippen LogP contribution in [0.1, 0.15) is 56.1 Å². The molecule has 1 aliphatic heterocycles. The quantitative estimate of drug-likeness (QED) is 0.660. The summed E-state index contributed by atoms with van der Waals surface area (Å²) in [6.07, 6.45) is 2.41. The van der Waals surface area contributed by atoms with Crippen LogP contribution in [-0.4, -0.2) is 53.2 Å². The Bertz CT molecular complexity index is 991. The van der Waals surface area contributed by atoms with Gasteiger partial charge < -0.3 is 20.1 Å². The Morgan fingerprint density at radius 1 is 1.06 bits per heavy atom. The number of piperidine rings is 1. The van der Waals surface area contributed by atoms with Crippen molar-refractivity contribution in [3.05, 3.63) is 59.7 Å². The molecule has 2 atom stereocenters. The van der Waals surface area contributed by atoms with E-state index in [0.717, 1.165) is 35.1 Å². The summed E-state index contributed by atoms with van der Waals surface area (Å²) in [6, 6.07) is 14.6. The van der Waals surface area contributed by atoms with Crippen molar-refractivity contribution in [1.29, 1.82) is 0 Å². The number of likely N-dealkylation sites (tertiary alicyclic amines) is 1. The van der Waals surface area contributed by atoms with E-state index >= 15 is 0 Å². The zero-order valence-corrected chi connectivity index (χ0v) is 18.8. The average Bonchev–Trinajstić information content (AvgIpc) is 3.15. The molecule has 0 aromatic heterocycles. The molecule has 0 radical (unpaired) electrons. The van der Waals surface area contributed by atoms with E-state index in [1.807, 2.05) is 43.3 Å². The molecule has 174 valence electrons. The van der Waals surface area contributed by atoms with Gasteiger partial charge in [0.05, 0.1) is 0 Å². The lowest BCUT2D eigenvalue weighted by Crippen LogP contribution is -2.55. The standard InChI is InChI=1S/C26H30N2O5/c1-2-9-22(24(29)28-15-8-7-14-23(28)25(30)31)27-26(32)33-16-21-19-12-5-3-10-17(19)18-11-4-6-13-20(18)21/h3-6,10-13,21-23H,2,7-9,14-16H2,1H3,(H,27,32)(H,30,31)/t22-,23?/m1/s1. The highest BCUT2D eigenvalue weighted by molar-refractivity contribution is 5.89. The predicted molar refractivity (Wildman–Crippen MR) is 124 cm³/mol. The second-order valence-electron chi connectivity index (χ2n) is 8.69. The molecule has 4 rings (SSSR count). The van der Waals surface area contributed by atoms with Crippen LogP contribution < -0.4 is 5.32 Å². The van der Waals surface area contributed by atoms with Crippen molar-refractivity contribution in [3.8, 4) is 11.1 Å². The van der Waals surface area contributed by atoms with E-state index in [4.69, 9.17) is 4.74 Å². The molecule has 2 amide bonds. The van der Waals surface area contributed by atoms with Gasteiger partial charge in [-0.15, -0.1) is 0 Å². The van der Waals surface area contributed by atoms with Crippen LogP contribution in [0.2, 0.25) is 0 Å². The Labute approximate surface area is 193 Å². The summed E-state index contributed by atoms with van der Waals surface area (Å²) in [5, 5.41) is 12.2. The van der Waals surface area contributed by atoms with Crippen LogP contribution in [0.5, 0.6) is 0 Å². The van der Waals surface area contributed by atoms with Crippen molar-refractivity contribution in [2.45, 2.75) is 57.0 Å². The summed E-state index contributed by atoms with van der Waals surface area (Å²) < 4.78 is 5.59. The summed E-state index contributed by atoms with van der Waals surface area (Å²) in [4.78, 5) is 38.8. The van der Waals surface area contributed by atoms with E-state index in [1.54, 1.807) is 0 Å². The lowest BCUT2D eigenvalue weighted by atomic mass is 9.98. The Morgan fingerprint density at radius 2 is 1.70 bits per heavy atom. The Morgan fingerprint density at radius 3 is 2.30 bits per heavy atom. The van der Waals surface area contributed by atoms with Crippen molar-refractivity contribution in [2.75, 3.05) is 13.2 Å².